The molecule has 106 valence electrons. The van der Waals surface area contributed by atoms with Crippen LogP contribution >= 0.6 is 0 Å². The van der Waals surface area contributed by atoms with Gasteiger partial charge in [-0.05, 0) is 19.8 Å². The van der Waals surface area contributed by atoms with Crippen molar-refractivity contribution in [2.75, 3.05) is 33.9 Å². The summed E-state index contributed by atoms with van der Waals surface area (Å²) in [5.74, 6) is -0.992. The smallest absolute Gasteiger partial charge is 0.323 e. The largest absolute Gasteiger partial charge is 0.480 e. The average molecular weight is 260 g/mol. The number of urea groups is 1. The molecule has 0 fully saturated rings. The highest BCUT2D eigenvalue weighted by atomic mass is 16.5. The molecule has 0 saturated carbocycles. The first kappa shape index (κ1) is 16.7. The second-order valence-corrected chi connectivity index (χ2v) is 4.33. The Morgan fingerprint density at radius 1 is 1.39 bits per heavy atom. The number of carbonyl (C=O) groups is 2. The van der Waals surface area contributed by atoms with Crippen molar-refractivity contribution in [1.29, 1.82) is 0 Å². The van der Waals surface area contributed by atoms with E-state index in [1.807, 2.05) is 13.8 Å². The van der Waals surface area contributed by atoms with E-state index in [0.29, 0.717) is 13.2 Å². The van der Waals surface area contributed by atoms with Crippen molar-refractivity contribution in [2.24, 2.45) is 0 Å². The maximum absolute atomic E-state index is 12.1. The first-order valence-corrected chi connectivity index (χ1v) is 6.16. The van der Waals surface area contributed by atoms with Gasteiger partial charge in [-0.25, -0.2) is 4.79 Å². The van der Waals surface area contributed by atoms with Crippen LogP contribution in [0.5, 0.6) is 0 Å². The molecule has 2 amide bonds. The molecule has 6 heteroatoms. The summed E-state index contributed by atoms with van der Waals surface area (Å²) in [6.07, 6.45) is 1.46. The molecule has 0 aliphatic carbocycles. The van der Waals surface area contributed by atoms with Gasteiger partial charge < -0.3 is 19.6 Å². The Morgan fingerprint density at radius 2 is 2.00 bits per heavy atom. The minimum atomic E-state index is -0.992. The predicted molar refractivity (Wildman–Crippen MR) is 68.6 cm³/mol. The van der Waals surface area contributed by atoms with Crippen LogP contribution in [0.2, 0.25) is 0 Å². The fourth-order valence-electron chi connectivity index (χ4n) is 1.54. The lowest BCUT2D eigenvalue weighted by Gasteiger charge is -2.31. The number of carbonyl (C=O) groups excluding carboxylic acids is 1. The normalized spacial score (nSPS) is 12.0. The van der Waals surface area contributed by atoms with Gasteiger partial charge in [0.25, 0.3) is 0 Å². The van der Waals surface area contributed by atoms with Gasteiger partial charge in [-0.2, -0.15) is 0 Å². The third-order valence-corrected chi connectivity index (χ3v) is 2.84. The van der Waals surface area contributed by atoms with Crippen LogP contribution in [-0.2, 0) is 9.53 Å². The Kier molecular flexibility index (Phi) is 8.11. The standard InChI is InChI=1S/C12H24N2O4/c1-5-10(2)14(9-11(15)16)12(17)13(3)7-6-8-18-4/h10H,5-9H2,1-4H3,(H,15,16). The zero-order valence-corrected chi connectivity index (χ0v) is 11.7. The monoisotopic (exact) mass is 260 g/mol. The van der Waals surface area contributed by atoms with Crippen molar-refractivity contribution in [1.82, 2.24) is 9.80 Å². The molecule has 0 spiro atoms. The summed E-state index contributed by atoms with van der Waals surface area (Å²) in [4.78, 5) is 25.8. The molecule has 0 radical (unpaired) electrons. The van der Waals surface area contributed by atoms with Crippen LogP contribution < -0.4 is 0 Å². The quantitative estimate of drug-likeness (QED) is 0.667. The highest BCUT2D eigenvalue weighted by Crippen LogP contribution is 2.07. The van der Waals surface area contributed by atoms with Crippen molar-refractivity contribution in [2.45, 2.75) is 32.7 Å². The molecule has 0 aromatic heterocycles. The summed E-state index contributed by atoms with van der Waals surface area (Å²) in [7, 11) is 3.28. The zero-order valence-electron chi connectivity index (χ0n) is 11.7. The van der Waals surface area contributed by atoms with E-state index >= 15 is 0 Å². The molecule has 0 aromatic rings. The van der Waals surface area contributed by atoms with Crippen LogP contribution in [0.4, 0.5) is 4.79 Å². The number of hydrogen-bond acceptors (Lipinski definition) is 3. The van der Waals surface area contributed by atoms with E-state index in [1.54, 1.807) is 14.2 Å². The molecule has 18 heavy (non-hydrogen) atoms. The Labute approximate surface area is 109 Å². The lowest BCUT2D eigenvalue weighted by Crippen LogP contribution is -2.48. The van der Waals surface area contributed by atoms with E-state index in [1.165, 1.54) is 9.80 Å². The lowest BCUT2D eigenvalue weighted by molar-refractivity contribution is -0.138. The minimum absolute atomic E-state index is 0.0847. The summed E-state index contributed by atoms with van der Waals surface area (Å²) >= 11 is 0. The average Bonchev–Trinajstić information content (AvgIpc) is 2.34. The van der Waals surface area contributed by atoms with E-state index in [9.17, 15) is 9.59 Å². The first-order chi connectivity index (χ1) is 8.43. The number of aliphatic carboxylic acids is 1. The van der Waals surface area contributed by atoms with Crippen molar-refractivity contribution in [3.8, 4) is 0 Å². The molecule has 1 unspecified atom stereocenters. The van der Waals surface area contributed by atoms with Gasteiger partial charge >= 0.3 is 12.0 Å². The van der Waals surface area contributed by atoms with E-state index in [-0.39, 0.29) is 18.6 Å². The van der Waals surface area contributed by atoms with E-state index in [4.69, 9.17) is 9.84 Å². The molecule has 1 N–H and O–H groups in total. The highest BCUT2D eigenvalue weighted by molar-refractivity contribution is 5.80. The van der Waals surface area contributed by atoms with Crippen molar-refractivity contribution in [3.05, 3.63) is 0 Å². The lowest BCUT2D eigenvalue weighted by atomic mass is 10.2. The molecule has 0 rings (SSSR count). The van der Waals surface area contributed by atoms with Gasteiger partial charge in [-0.15, -0.1) is 0 Å². The number of hydrogen-bond donors (Lipinski definition) is 1. The SMILES string of the molecule is CCC(C)N(CC(=O)O)C(=O)N(C)CCCOC. The Balaban J connectivity index is 4.48. The van der Waals surface area contributed by atoms with Crippen LogP contribution in [0.3, 0.4) is 0 Å². The number of nitrogens with zero attached hydrogens (tertiary/aromatic N) is 2. The molecule has 1 atom stereocenters. The Bertz CT molecular complexity index is 271. The predicted octanol–water partition coefficient (Wildman–Crippen LogP) is 1.26. The number of amides is 2. The van der Waals surface area contributed by atoms with Crippen LogP contribution in [0.15, 0.2) is 0 Å². The van der Waals surface area contributed by atoms with Gasteiger partial charge in [0.2, 0.25) is 0 Å². The van der Waals surface area contributed by atoms with Crippen molar-refractivity contribution >= 4 is 12.0 Å². The number of methoxy groups -OCH3 is 1. The topological polar surface area (TPSA) is 70.1 Å². The minimum Gasteiger partial charge on any atom is -0.480 e. The van der Waals surface area contributed by atoms with E-state index in [0.717, 1.165) is 12.8 Å². The molecule has 0 heterocycles. The Morgan fingerprint density at radius 3 is 2.44 bits per heavy atom. The van der Waals surface area contributed by atoms with Crippen LogP contribution in [0.25, 0.3) is 0 Å². The molecule has 6 nitrogen and oxygen atoms in total. The Hall–Kier alpha value is -1.30. The van der Waals surface area contributed by atoms with Crippen molar-refractivity contribution in [3.63, 3.8) is 0 Å². The van der Waals surface area contributed by atoms with Gasteiger partial charge in [0.15, 0.2) is 0 Å². The maximum Gasteiger partial charge on any atom is 0.323 e. The summed E-state index contributed by atoms with van der Waals surface area (Å²) < 4.78 is 4.92. The summed E-state index contributed by atoms with van der Waals surface area (Å²) in [5.41, 5.74) is 0. The summed E-state index contributed by atoms with van der Waals surface area (Å²) in [6, 6.07) is -0.332. The highest BCUT2D eigenvalue weighted by Gasteiger charge is 2.24. The van der Waals surface area contributed by atoms with Gasteiger partial charge in [-0.3, -0.25) is 4.79 Å². The van der Waals surface area contributed by atoms with Crippen LogP contribution in [0, 0.1) is 0 Å². The number of rotatable bonds is 8. The summed E-state index contributed by atoms with van der Waals surface area (Å²) in [6.45, 7) is 4.66. The molecular formula is C12H24N2O4. The van der Waals surface area contributed by atoms with Gasteiger partial charge in [0.1, 0.15) is 6.54 Å². The number of ether oxygens (including phenoxy) is 1. The van der Waals surface area contributed by atoms with E-state index in [2.05, 4.69) is 0 Å². The zero-order chi connectivity index (χ0) is 14.1. The van der Waals surface area contributed by atoms with Gasteiger partial charge in [0, 0.05) is 33.4 Å². The molecule has 0 bridgehead atoms. The van der Waals surface area contributed by atoms with Gasteiger partial charge in [0.05, 0.1) is 0 Å². The third kappa shape index (κ3) is 5.86. The third-order valence-electron chi connectivity index (χ3n) is 2.84. The first-order valence-electron chi connectivity index (χ1n) is 6.16. The second kappa shape index (κ2) is 8.74. The maximum atomic E-state index is 12.1. The molecule has 0 aliphatic heterocycles. The molecular weight excluding hydrogens is 236 g/mol. The summed E-state index contributed by atoms with van der Waals surface area (Å²) in [5, 5.41) is 8.84. The van der Waals surface area contributed by atoms with E-state index < -0.39 is 5.97 Å². The molecule has 0 saturated heterocycles. The fourth-order valence-corrected chi connectivity index (χ4v) is 1.54. The van der Waals surface area contributed by atoms with Gasteiger partial charge in [-0.1, -0.05) is 6.92 Å². The fraction of sp³-hybridized carbons (Fsp3) is 0.833. The van der Waals surface area contributed by atoms with Crippen molar-refractivity contribution < 1.29 is 19.4 Å². The second-order valence-electron chi connectivity index (χ2n) is 4.33. The van der Waals surface area contributed by atoms with Crippen LogP contribution in [0.1, 0.15) is 26.7 Å². The van der Waals surface area contributed by atoms with Crippen LogP contribution in [-0.4, -0.2) is 66.8 Å². The number of carboxylic acid groups (broad SMARTS) is 1. The number of carboxylic acids is 1. The molecule has 0 aromatic carbocycles. The molecule has 0 aliphatic rings.